The van der Waals surface area contributed by atoms with Crippen molar-refractivity contribution in [1.82, 2.24) is 0 Å². The standard InChI is InChI=1S/C24H26O5/c1-5-9-18(23(26)29-24(2,3)4)22(16-10-7-6-8-11-16)19-13-21-20(27-15-28-21)12-17(19)14-25/h5-8,10-14,18,22H,1,9,15H2,2-4H3/t18?,22-/m1/s1. The lowest BCUT2D eigenvalue weighted by molar-refractivity contribution is -0.160. The molecule has 0 fully saturated rings. The minimum absolute atomic E-state index is 0.106. The topological polar surface area (TPSA) is 61.8 Å². The summed E-state index contributed by atoms with van der Waals surface area (Å²) in [6.07, 6.45) is 2.90. The van der Waals surface area contributed by atoms with Crippen molar-refractivity contribution in [2.45, 2.75) is 38.7 Å². The van der Waals surface area contributed by atoms with Crippen molar-refractivity contribution in [2.24, 2.45) is 5.92 Å². The van der Waals surface area contributed by atoms with Crippen LogP contribution in [0.15, 0.2) is 55.1 Å². The largest absolute Gasteiger partial charge is 0.460 e. The maximum atomic E-state index is 13.2. The summed E-state index contributed by atoms with van der Waals surface area (Å²) in [6.45, 7) is 9.45. The van der Waals surface area contributed by atoms with E-state index in [0.29, 0.717) is 29.0 Å². The predicted molar refractivity (Wildman–Crippen MR) is 110 cm³/mol. The van der Waals surface area contributed by atoms with Crippen LogP contribution in [0.3, 0.4) is 0 Å². The van der Waals surface area contributed by atoms with Crippen LogP contribution in [-0.4, -0.2) is 24.6 Å². The third kappa shape index (κ3) is 4.67. The molecular formula is C24H26O5. The summed E-state index contributed by atoms with van der Waals surface area (Å²) in [6, 6.07) is 13.1. The van der Waals surface area contributed by atoms with Crippen molar-refractivity contribution in [1.29, 1.82) is 0 Å². The summed E-state index contributed by atoms with van der Waals surface area (Å²) in [4.78, 5) is 25.1. The minimum Gasteiger partial charge on any atom is -0.460 e. The summed E-state index contributed by atoms with van der Waals surface area (Å²) < 4.78 is 16.7. The number of hydrogen-bond acceptors (Lipinski definition) is 5. The van der Waals surface area contributed by atoms with Gasteiger partial charge in [-0.05, 0) is 50.5 Å². The molecule has 0 spiro atoms. The van der Waals surface area contributed by atoms with Gasteiger partial charge in [0.15, 0.2) is 11.5 Å². The smallest absolute Gasteiger partial charge is 0.310 e. The molecule has 5 nitrogen and oxygen atoms in total. The molecule has 29 heavy (non-hydrogen) atoms. The van der Waals surface area contributed by atoms with Gasteiger partial charge in [-0.1, -0.05) is 36.4 Å². The van der Waals surface area contributed by atoms with Gasteiger partial charge in [-0.25, -0.2) is 0 Å². The van der Waals surface area contributed by atoms with Crippen LogP contribution in [0.4, 0.5) is 0 Å². The SMILES string of the molecule is C=CCC(C(=O)OC(C)(C)C)[C@@H](c1ccccc1)c1cc2c(cc1C=O)OCO2. The molecule has 5 heteroatoms. The highest BCUT2D eigenvalue weighted by atomic mass is 16.7. The van der Waals surface area contributed by atoms with Crippen LogP contribution in [0.25, 0.3) is 0 Å². The van der Waals surface area contributed by atoms with E-state index in [-0.39, 0.29) is 12.8 Å². The van der Waals surface area contributed by atoms with Crippen molar-refractivity contribution in [3.05, 3.63) is 71.8 Å². The molecule has 1 unspecified atom stereocenters. The number of fused-ring (bicyclic) bond motifs is 1. The fourth-order valence-electron chi connectivity index (χ4n) is 3.56. The normalized spacial score (nSPS) is 14.7. The Bertz CT molecular complexity index is 895. The highest BCUT2D eigenvalue weighted by Crippen LogP contribution is 2.42. The molecular weight excluding hydrogens is 368 g/mol. The van der Waals surface area contributed by atoms with Gasteiger partial charge in [0.25, 0.3) is 0 Å². The lowest BCUT2D eigenvalue weighted by Crippen LogP contribution is -2.32. The third-order valence-corrected chi connectivity index (χ3v) is 4.73. The van der Waals surface area contributed by atoms with E-state index in [1.54, 1.807) is 18.2 Å². The second-order valence-electron chi connectivity index (χ2n) is 8.00. The average Bonchev–Trinajstić information content (AvgIpc) is 3.13. The van der Waals surface area contributed by atoms with Crippen LogP contribution >= 0.6 is 0 Å². The highest BCUT2D eigenvalue weighted by Gasteiger charge is 2.35. The molecule has 0 saturated heterocycles. The summed E-state index contributed by atoms with van der Waals surface area (Å²) in [7, 11) is 0. The summed E-state index contributed by atoms with van der Waals surface area (Å²) in [5.41, 5.74) is 1.45. The second kappa shape index (κ2) is 8.52. The van der Waals surface area contributed by atoms with Gasteiger partial charge in [-0.3, -0.25) is 9.59 Å². The van der Waals surface area contributed by atoms with E-state index < -0.39 is 17.4 Å². The molecule has 2 aromatic rings. The number of esters is 1. The zero-order valence-corrected chi connectivity index (χ0v) is 17.0. The van der Waals surface area contributed by atoms with Crippen molar-refractivity contribution < 1.29 is 23.8 Å². The Morgan fingerprint density at radius 3 is 2.41 bits per heavy atom. The molecule has 2 aromatic carbocycles. The fourth-order valence-corrected chi connectivity index (χ4v) is 3.56. The monoisotopic (exact) mass is 394 g/mol. The van der Waals surface area contributed by atoms with E-state index in [0.717, 1.165) is 11.8 Å². The average molecular weight is 394 g/mol. The molecule has 0 N–H and O–H groups in total. The van der Waals surface area contributed by atoms with Crippen molar-refractivity contribution in [2.75, 3.05) is 6.79 Å². The van der Waals surface area contributed by atoms with Crippen LogP contribution in [-0.2, 0) is 9.53 Å². The van der Waals surface area contributed by atoms with Crippen LogP contribution in [0.1, 0.15) is 54.6 Å². The van der Waals surface area contributed by atoms with Crippen LogP contribution < -0.4 is 9.47 Å². The van der Waals surface area contributed by atoms with Crippen molar-refractivity contribution in [3.63, 3.8) is 0 Å². The predicted octanol–water partition coefficient (Wildman–Crippen LogP) is 4.89. The molecule has 152 valence electrons. The van der Waals surface area contributed by atoms with Crippen LogP contribution in [0, 0.1) is 5.92 Å². The molecule has 1 aliphatic heterocycles. The molecule has 0 bridgehead atoms. The molecule has 2 atom stereocenters. The molecule has 0 saturated carbocycles. The van der Waals surface area contributed by atoms with E-state index in [4.69, 9.17) is 14.2 Å². The summed E-state index contributed by atoms with van der Waals surface area (Å²) >= 11 is 0. The zero-order chi connectivity index (χ0) is 21.0. The van der Waals surface area contributed by atoms with Crippen LogP contribution in [0.2, 0.25) is 0 Å². The van der Waals surface area contributed by atoms with E-state index in [2.05, 4.69) is 6.58 Å². The van der Waals surface area contributed by atoms with Gasteiger partial charge in [0.05, 0.1) is 5.92 Å². The van der Waals surface area contributed by atoms with Gasteiger partial charge in [-0.2, -0.15) is 0 Å². The van der Waals surface area contributed by atoms with E-state index in [1.165, 1.54) is 0 Å². The number of ether oxygens (including phenoxy) is 3. The quantitative estimate of drug-likeness (QED) is 0.380. The van der Waals surface area contributed by atoms with E-state index in [1.807, 2.05) is 51.1 Å². The van der Waals surface area contributed by atoms with Crippen LogP contribution in [0.5, 0.6) is 11.5 Å². The first-order valence-corrected chi connectivity index (χ1v) is 9.61. The first-order chi connectivity index (χ1) is 13.8. The molecule has 1 heterocycles. The first kappa shape index (κ1) is 20.6. The Morgan fingerprint density at radius 2 is 1.83 bits per heavy atom. The van der Waals surface area contributed by atoms with Gasteiger partial charge in [0, 0.05) is 11.5 Å². The number of benzene rings is 2. The lowest BCUT2D eigenvalue weighted by atomic mass is 9.77. The molecule has 0 amide bonds. The minimum atomic E-state index is -0.625. The number of carbonyl (C=O) groups is 2. The Hall–Kier alpha value is -3.08. The Balaban J connectivity index is 2.16. The third-order valence-electron chi connectivity index (χ3n) is 4.73. The fraction of sp³-hybridized carbons (Fsp3) is 0.333. The molecule has 3 rings (SSSR count). The molecule has 1 aliphatic rings. The Kier molecular flexibility index (Phi) is 6.06. The number of allylic oxidation sites excluding steroid dienone is 1. The molecule has 0 aliphatic carbocycles. The number of aldehydes is 1. The highest BCUT2D eigenvalue weighted by molar-refractivity contribution is 5.82. The van der Waals surface area contributed by atoms with E-state index in [9.17, 15) is 9.59 Å². The maximum absolute atomic E-state index is 13.2. The van der Waals surface area contributed by atoms with Gasteiger partial charge < -0.3 is 14.2 Å². The first-order valence-electron chi connectivity index (χ1n) is 9.61. The number of rotatable bonds is 7. The summed E-state index contributed by atoms with van der Waals surface area (Å²) in [5.74, 6) is -0.194. The molecule has 0 radical (unpaired) electrons. The maximum Gasteiger partial charge on any atom is 0.310 e. The van der Waals surface area contributed by atoms with Gasteiger partial charge in [0.1, 0.15) is 11.9 Å². The Labute approximate surface area is 171 Å². The Morgan fingerprint density at radius 1 is 1.17 bits per heavy atom. The van der Waals surface area contributed by atoms with Gasteiger partial charge in [-0.15, -0.1) is 6.58 Å². The van der Waals surface area contributed by atoms with Gasteiger partial charge >= 0.3 is 5.97 Å². The van der Waals surface area contributed by atoms with Crippen molar-refractivity contribution in [3.8, 4) is 11.5 Å². The lowest BCUT2D eigenvalue weighted by Gasteiger charge is -2.30. The number of carbonyl (C=O) groups excluding carboxylic acids is 2. The zero-order valence-electron chi connectivity index (χ0n) is 17.0. The second-order valence-corrected chi connectivity index (χ2v) is 8.00. The van der Waals surface area contributed by atoms with Gasteiger partial charge in [0.2, 0.25) is 6.79 Å². The number of hydrogen-bond donors (Lipinski definition) is 0. The van der Waals surface area contributed by atoms with Crippen molar-refractivity contribution >= 4 is 12.3 Å². The molecule has 0 aromatic heterocycles. The van der Waals surface area contributed by atoms with E-state index >= 15 is 0 Å². The summed E-state index contributed by atoms with van der Waals surface area (Å²) in [5, 5.41) is 0.